The largest absolute Gasteiger partial charge is 0.279 e. The minimum atomic E-state index is -0.345. The van der Waals surface area contributed by atoms with Crippen molar-refractivity contribution < 1.29 is 9.59 Å². The minimum Gasteiger partial charge on any atom is -0.267 e. The van der Waals surface area contributed by atoms with Gasteiger partial charge in [0.15, 0.2) is 0 Å². The first-order chi connectivity index (χ1) is 9.06. The third kappa shape index (κ3) is 4.02. The summed E-state index contributed by atoms with van der Waals surface area (Å²) in [6.45, 7) is 0. The van der Waals surface area contributed by atoms with Crippen LogP contribution in [0.25, 0.3) is 0 Å². The van der Waals surface area contributed by atoms with Gasteiger partial charge in [-0.1, -0.05) is 6.07 Å². The quantitative estimate of drug-likeness (QED) is 0.545. The van der Waals surface area contributed by atoms with E-state index in [2.05, 4.69) is 49.4 Å². The summed E-state index contributed by atoms with van der Waals surface area (Å²) in [7, 11) is 0. The number of amides is 2. The molecule has 0 saturated heterocycles. The standard InChI is InChI=1S/C12H8BrIN2O2S/c13-10-5-4-9(19-10)12(18)16-15-11(17)7-2-1-3-8(14)6-7/h1-6H,(H,15,17)(H,16,18). The van der Waals surface area contributed by atoms with Gasteiger partial charge in [-0.25, -0.2) is 0 Å². The molecule has 0 unspecified atom stereocenters. The highest BCUT2D eigenvalue weighted by atomic mass is 127. The van der Waals surface area contributed by atoms with Crippen molar-refractivity contribution in [1.82, 2.24) is 10.9 Å². The zero-order valence-electron chi connectivity index (χ0n) is 9.44. The lowest BCUT2D eigenvalue weighted by Crippen LogP contribution is -2.41. The van der Waals surface area contributed by atoms with Crippen molar-refractivity contribution in [3.63, 3.8) is 0 Å². The summed E-state index contributed by atoms with van der Waals surface area (Å²) in [5.41, 5.74) is 5.26. The molecule has 2 rings (SSSR count). The average molecular weight is 451 g/mol. The summed E-state index contributed by atoms with van der Waals surface area (Å²) in [5.74, 6) is -0.683. The Hall–Kier alpha value is -0.930. The van der Waals surface area contributed by atoms with Crippen LogP contribution in [0.4, 0.5) is 0 Å². The SMILES string of the molecule is O=C(NNC(=O)c1ccc(Br)s1)c1cccc(I)c1. The Morgan fingerprint density at radius 1 is 1.11 bits per heavy atom. The molecule has 7 heteroatoms. The van der Waals surface area contributed by atoms with Gasteiger partial charge in [0.1, 0.15) is 0 Å². The molecule has 0 bridgehead atoms. The lowest BCUT2D eigenvalue weighted by Gasteiger charge is -2.06. The lowest BCUT2D eigenvalue weighted by atomic mass is 10.2. The zero-order valence-corrected chi connectivity index (χ0v) is 14.0. The Morgan fingerprint density at radius 2 is 1.84 bits per heavy atom. The lowest BCUT2D eigenvalue weighted by molar-refractivity contribution is 0.0849. The predicted molar refractivity (Wildman–Crippen MR) is 86.1 cm³/mol. The van der Waals surface area contributed by atoms with Crippen molar-refractivity contribution in [1.29, 1.82) is 0 Å². The highest BCUT2D eigenvalue weighted by Crippen LogP contribution is 2.21. The topological polar surface area (TPSA) is 58.2 Å². The first kappa shape index (κ1) is 14.5. The van der Waals surface area contributed by atoms with Gasteiger partial charge in [-0.05, 0) is 68.9 Å². The van der Waals surface area contributed by atoms with E-state index in [0.717, 1.165) is 7.36 Å². The van der Waals surface area contributed by atoms with Crippen molar-refractivity contribution >= 4 is 61.7 Å². The number of hydrogen-bond donors (Lipinski definition) is 2. The van der Waals surface area contributed by atoms with E-state index in [1.165, 1.54) is 11.3 Å². The van der Waals surface area contributed by atoms with E-state index in [-0.39, 0.29) is 11.8 Å². The van der Waals surface area contributed by atoms with Crippen molar-refractivity contribution in [2.75, 3.05) is 0 Å². The smallest absolute Gasteiger partial charge is 0.267 e. The average Bonchev–Trinajstić information content (AvgIpc) is 2.82. The fraction of sp³-hybridized carbons (Fsp3) is 0. The summed E-state index contributed by atoms with van der Waals surface area (Å²) in [6.07, 6.45) is 0. The number of hydrazine groups is 1. The van der Waals surface area contributed by atoms with Crippen LogP contribution in [0.2, 0.25) is 0 Å². The molecule has 0 aliphatic rings. The van der Waals surface area contributed by atoms with Crippen LogP contribution in [0.15, 0.2) is 40.2 Å². The first-order valence-corrected chi connectivity index (χ1v) is 7.86. The van der Waals surface area contributed by atoms with Gasteiger partial charge < -0.3 is 0 Å². The summed E-state index contributed by atoms with van der Waals surface area (Å²) in [4.78, 5) is 24.0. The molecule has 2 aromatic rings. The van der Waals surface area contributed by atoms with E-state index < -0.39 is 0 Å². The molecule has 19 heavy (non-hydrogen) atoms. The van der Waals surface area contributed by atoms with Crippen LogP contribution >= 0.6 is 49.9 Å². The highest BCUT2D eigenvalue weighted by molar-refractivity contribution is 14.1. The molecule has 98 valence electrons. The van der Waals surface area contributed by atoms with E-state index in [4.69, 9.17) is 0 Å². The van der Waals surface area contributed by atoms with Gasteiger partial charge in [-0.15, -0.1) is 11.3 Å². The minimum absolute atomic E-state index is 0.338. The van der Waals surface area contributed by atoms with Gasteiger partial charge in [0.2, 0.25) is 0 Å². The second-order valence-corrected chi connectivity index (χ2v) is 7.23. The van der Waals surface area contributed by atoms with Crippen LogP contribution in [0.1, 0.15) is 20.0 Å². The molecular weight excluding hydrogens is 443 g/mol. The molecule has 0 atom stereocenters. The normalized spacial score (nSPS) is 10.0. The summed E-state index contributed by atoms with van der Waals surface area (Å²) in [6, 6.07) is 10.6. The van der Waals surface area contributed by atoms with Gasteiger partial charge in [-0.2, -0.15) is 0 Å². The first-order valence-electron chi connectivity index (χ1n) is 5.18. The molecule has 1 aromatic carbocycles. The van der Waals surface area contributed by atoms with E-state index in [0.29, 0.717) is 10.4 Å². The van der Waals surface area contributed by atoms with Crippen molar-refractivity contribution in [3.8, 4) is 0 Å². The number of benzene rings is 1. The number of hydrogen-bond acceptors (Lipinski definition) is 3. The molecule has 0 radical (unpaired) electrons. The van der Waals surface area contributed by atoms with Crippen molar-refractivity contribution in [2.24, 2.45) is 0 Å². The fourth-order valence-corrected chi connectivity index (χ4v) is 3.14. The molecule has 1 heterocycles. The van der Waals surface area contributed by atoms with Crippen molar-refractivity contribution in [2.45, 2.75) is 0 Å². The predicted octanol–water partition coefficient (Wildman–Crippen LogP) is 3.19. The molecule has 4 nitrogen and oxygen atoms in total. The van der Waals surface area contributed by atoms with Crippen LogP contribution < -0.4 is 10.9 Å². The number of thiophene rings is 1. The Kier molecular flexibility index (Phi) is 4.94. The maximum atomic E-state index is 11.8. The zero-order chi connectivity index (χ0) is 13.8. The third-order valence-electron chi connectivity index (χ3n) is 2.17. The van der Waals surface area contributed by atoms with E-state index in [9.17, 15) is 9.59 Å². The summed E-state index contributed by atoms with van der Waals surface area (Å²) in [5, 5.41) is 0. The maximum absolute atomic E-state index is 11.8. The van der Waals surface area contributed by atoms with E-state index in [1.807, 2.05) is 6.07 Å². The number of halogens is 2. The number of nitrogens with one attached hydrogen (secondary N) is 2. The Bertz CT molecular complexity index is 630. The van der Waals surface area contributed by atoms with Crippen LogP contribution in [0.5, 0.6) is 0 Å². The van der Waals surface area contributed by atoms with Crippen LogP contribution in [-0.2, 0) is 0 Å². The van der Waals surface area contributed by atoms with Gasteiger partial charge in [0.05, 0.1) is 8.66 Å². The number of rotatable bonds is 2. The molecule has 2 N–H and O–H groups in total. The monoisotopic (exact) mass is 450 g/mol. The molecular formula is C12H8BrIN2O2S. The van der Waals surface area contributed by atoms with Gasteiger partial charge in [0, 0.05) is 9.13 Å². The molecule has 0 aliphatic heterocycles. The fourth-order valence-electron chi connectivity index (χ4n) is 1.31. The van der Waals surface area contributed by atoms with E-state index in [1.54, 1.807) is 30.3 Å². The molecule has 2 amide bonds. The maximum Gasteiger partial charge on any atom is 0.279 e. The van der Waals surface area contributed by atoms with Gasteiger partial charge in [0.25, 0.3) is 11.8 Å². The van der Waals surface area contributed by atoms with Crippen LogP contribution in [-0.4, -0.2) is 11.8 Å². The molecule has 0 fully saturated rings. The molecule has 1 aromatic heterocycles. The van der Waals surface area contributed by atoms with Gasteiger partial charge in [-0.3, -0.25) is 20.4 Å². The molecule has 0 saturated carbocycles. The summed E-state index contributed by atoms with van der Waals surface area (Å²) < 4.78 is 1.82. The Morgan fingerprint density at radius 3 is 2.47 bits per heavy atom. The second-order valence-electron chi connectivity index (χ2n) is 3.52. The van der Waals surface area contributed by atoms with Gasteiger partial charge >= 0.3 is 0 Å². The molecule has 0 aliphatic carbocycles. The second kappa shape index (κ2) is 6.49. The number of carbonyl (C=O) groups excluding carboxylic acids is 2. The third-order valence-corrected chi connectivity index (χ3v) is 4.47. The van der Waals surface area contributed by atoms with Crippen LogP contribution in [0, 0.1) is 3.57 Å². The van der Waals surface area contributed by atoms with Crippen molar-refractivity contribution in [3.05, 3.63) is 54.2 Å². The highest BCUT2D eigenvalue weighted by Gasteiger charge is 2.10. The van der Waals surface area contributed by atoms with Crippen LogP contribution in [0.3, 0.4) is 0 Å². The van der Waals surface area contributed by atoms with E-state index >= 15 is 0 Å². The molecule has 0 spiro atoms. The Labute approximate surface area is 135 Å². The Balaban J connectivity index is 1.95. The summed E-state index contributed by atoms with van der Waals surface area (Å²) >= 11 is 6.70. The number of carbonyl (C=O) groups is 2.